The summed E-state index contributed by atoms with van der Waals surface area (Å²) in [6, 6.07) is 16.1. The van der Waals surface area contributed by atoms with E-state index in [4.69, 9.17) is 14.2 Å². The molecule has 0 spiro atoms. The molecular weight excluding hydrogens is 360 g/mol. The molecule has 0 amide bonds. The molecule has 0 bridgehead atoms. The lowest BCUT2D eigenvalue weighted by molar-refractivity contribution is -0.134. The third kappa shape index (κ3) is 4.54. The zero-order chi connectivity index (χ0) is 20.3. The number of ether oxygens (including phenoxy) is 3. The van der Waals surface area contributed by atoms with E-state index in [0.717, 1.165) is 21.9 Å². The van der Waals surface area contributed by atoms with Crippen LogP contribution in [-0.4, -0.2) is 17.9 Å². The van der Waals surface area contributed by atoms with Crippen LogP contribution in [0, 0.1) is 0 Å². The van der Waals surface area contributed by atoms with Crippen LogP contribution in [0.25, 0.3) is 21.9 Å². The molecule has 0 N–H and O–H groups in total. The monoisotopic (exact) mass is 378 g/mol. The molecular formula is C22H18O6. The Bertz CT molecular complexity index is 1080. The Hall–Kier alpha value is -3.67. The maximum atomic E-state index is 11.4. The number of benzene rings is 3. The van der Waals surface area contributed by atoms with Crippen LogP contribution in [0.4, 0.5) is 0 Å². The summed E-state index contributed by atoms with van der Waals surface area (Å²) in [5, 5.41) is 1.87. The number of esters is 3. The van der Waals surface area contributed by atoms with Gasteiger partial charge in [0.2, 0.25) is 0 Å². The van der Waals surface area contributed by atoms with Gasteiger partial charge in [-0.2, -0.15) is 0 Å². The average molecular weight is 378 g/mol. The van der Waals surface area contributed by atoms with E-state index in [0.29, 0.717) is 5.75 Å². The van der Waals surface area contributed by atoms with Gasteiger partial charge < -0.3 is 14.2 Å². The smallest absolute Gasteiger partial charge is 0.308 e. The molecule has 6 heteroatoms. The highest BCUT2D eigenvalue weighted by molar-refractivity contribution is 5.89. The van der Waals surface area contributed by atoms with Crippen LogP contribution in [0.15, 0.2) is 54.6 Å². The van der Waals surface area contributed by atoms with Gasteiger partial charge in [-0.25, -0.2) is 0 Å². The van der Waals surface area contributed by atoms with Crippen molar-refractivity contribution in [1.29, 1.82) is 0 Å². The molecule has 0 saturated carbocycles. The summed E-state index contributed by atoms with van der Waals surface area (Å²) in [5.74, 6) is -0.557. The summed E-state index contributed by atoms with van der Waals surface area (Å²) in [4.78, 5) is 33.7. The second-order valence-electron chi connectivity index (χ2n) is 6.17. The number of hydrogen-bond donors (Lipinski definition) is 0. The Morgan fingerprint density at radius 2 is 1.11 bits per heavy atom. The van der Waals surface area contributed by atoms with Crippen molar-refractivity contribution in [3.63, 3.8) is 0 Å². The van der Waals surface area contributed by atoms with E-state index in [1.54, 1.807) is 30.3 Å². The first-order chi connectivity index (χ1) is 13.3. The van der Waals surface area contributed by atoms with Gasteiger partial charge in [0.15, 0.2) is 11.5 Å². The van der Waals surface area contributed by atoms with Crippen molar-refractivity contribution in [2.45, 2.75) is 20.8 Å². The fourth-order valence-electron chi connectivity index (χ4n) is 2.79. The van der Waals surface area contributed by atoms with Crippen molar-refractivity contribution in [1.82, 2.24) is 0 Å². The fourth-order valence-corrected chi connectivity index (χ4v) is 2.79. The van der Waals surface area contributed by atoms with E-state index in [9.17, 15) is 14.4 Å². The van der Waals surface area contributed by atoms with E-state index in [-0.39, 0.29) is 17.5 Å². The Balaban J connectivity index is 1.99. The molecule has 0 atom stereocenters. The van der Waals surface area contributed by atoms with Crippen molar-refractivity contribution in [3.05, 3.63) is 54.6 Å². The van der Waals surface area contributed by atoms with Crippen molar-refractivity contribution >= 4 is 28.7 Å². The van der Waals surface area contributed by atoms with E-state index >= 15 is 0 Å². The standard InChI is InChI=1S/C22H18O6/c1-13(23)26-20-8-6-17-10-16(4-5-18(17)11-20)19-7-9-21(27-14(2)24)22(12-19)28-15(3)25/h4-12H,1-3H3. The molecule has 3 aromatic carbocycles. The fraction of sp³-hybridized carbons (Fsp3) is 0.136. The molecule has 0 aliphatic carbocycles. The van der Waals surface area contributed by atoms with Crippen LogP contribution >= 0.6 is 0 Å². The molecule has 0 aliphatic rings. The quantitative estimate of drug-likeness (QED) is 0.498. The second kappa shape index (κ2) is 7.92. The highest BCUT2D eigenvalue weighted by Crippen LogP contribution is 2.34. The van der Waals surface area contributed by atoms with Gasteiger partial charge in [0.25, 0.3) is 0 Å². The van der Waals surface area contributed by atoms with Gasteiger partial charge in [0.1, 0.15) is 5.75 Å². The molecule has 6 nitrogen and oxygen atoms in total. The van der Waals surface area contributed by atoms with Gasteiger partial charge in [-0.15, -0.1) is 0 Å². The lowest BCUT2D eigenvalue weighted by atomic mass is 10.0. The number of fused-ring (bicyclic) bond motifs is 1. The van der Waals surface area contributed by atoms with Crippen LogP contribution in [0.5, 0.6) is 17.2 Å². The van der Waals surface area contributed by atoms with Crippen molar-refractivity contribution in [2.75, 3.05) is 0 Å². The maximum absolute atomic E-state index is 11.4. The average Bonchev–Trinajstić information content (AvgIpc) is 2.61. The largest absolute Gasteiger partial charge is 0.427 e. The Kier molecular flexibility index (Phi) is 5.40. The van der Waals surface area contributed by atoms with Crippen LogP contribution in [-0.2, 0) is 14.4 Å². The third-order valence-electron chi connectivity index (χ3n) is 3.86. The lowest BCUT2D eigenvalue weighted by Crippen LogP contribution is -2.07. The summed E-state index contributed by atoms with van der Waals surface area (Å²) in [5.41, 5.74) is 1.67. The molecule has 142 valence electrons. The van der Waals surface area contributed by atoms with Gasteiger partial charge in [-0.1, -0.05) is 24.3 Å². The summed E-state index contributed by atoms with van der Waals surface area (Å²) in [6.07, 6.45) is 0. The summed E-state index contributed by atoms with van der Waals surface area (Å²) >= 11 is 0. The van der Waals surface area contributed by atoms with Crippen molar-refractivity contribution in [3.8, 4) is 28.4 Å². The van der Waals surface area contributed by atoms with Gasteiger partial charge >= 0.3 is 17.9 Å². The summed E-state index contributed by atoms with van der Waals surface area (Å²) in [7, 11) is 0. The van der Waals surface area contributed by atoms with Gasteiger partial charge in [-0.3, -0.25) is 14.4 Å². The number of hydrogen-bond acceptors (Lipinski definition) is 6. The van der Waals surface area contributed by atoms with Gasteiger partial charge in [0.05, 0.1) is 0 Å². The van der Waals surface area contributed by atoms with E-state index < -0.39 is 11.9 Å². The first kappa shape index (κ1) is 19.1. The van der Waals surface area contributed by atoms with E-state index in [1.165, 1.54) is 20.8 Å². The van der Waals surface area contributed by atoms with E-state index in [2.05, 4.69) is 0 Å². The Morgan fingerprint density at radius 1 is 0.571 bits per heavy atom. The highest BCUT2D eigenvalue weighted by atomic mass is 16.6. The molecule has 0 unspecified atom stereocenters. The van der Waals surface area contributed by atoms with Crippen LogP contribution in [0.3, 0.4) is 0 Å². The Morgan fingerprint density at radius 3 is 1.79 bits per heavy atom. The first-order valence-electron chi connectivity index (χ1n) is 8.55. The van der Waals surface area contributed by atoms with Crippen LogP contribution in [0.2, 0.25) is 0 Å². The topological polar surface area (TPSA) is 78.9 Å². The van der Waals surface area contributed by atoms with Crippen molar-refractivity contribution < 1.29 is 28.6 Å². The minimum absolute atomic E-state index is 0.172. The number of rotatable bonds is 4. The minimum Gasteiger partial charge on any atom is -0.427 e. The molecule has 0 fully saturated rings. The maximum Gasteiger partial charge on any atom is 0.308 e. The molecule has 3 aromatic rings. The molecule has 3 rings (SSSR count). The normalized spacial score (nSPS) is 10.4. The zero-order valence-corrected chi connectivity index (χ0v) is 15.6. The molecule has 0 heterocycles. The molecule has 28 heavy (non-hydrogen) atoms. The van der Waals surface area contributed by atoms with Gasteiger partial charge in [-0.05, 0) is 52.2 Å². The predicted octanol–water partition coefficient (Wildman–Crippen LogP) is 4.28. The van der Waals surface area contributed by atoms with Crippen molar-refractivity contribution in [2.24, 2.45) is 0 Å². The minimum atomic E-state index is -0.512. The summed E-state index contributed by atoms with van der Waals surface area (Å²) < 4.78 is 15.4. The number of carbonyl (C=O) groups excluding carboxylic acids is 3. The molecule has 0 aliphatic heterocycles. The Labute approximate surface area is 161 Å². The highest BCUT2D eigenvalue weighted by Gasteiger charge is 2.12. The molecule has 0 saturated heterocycles. The predicted molar refractivity (Wildman–Crippen MR) is 103 cm³/mol. The van der Waals surface area contributed by atoms with Gasteiger partial charge in [0, 0.05) is 20.8 Å². The molecule has 0 aromatic heterocycles. The van der Waals surface area contributed by atoms with Crippen LogP contribution < -0.4 is 14.2 Å². The zero-order valence-electron chi connectivity index (χ0n) is 15.6. The third-order valence-corrected chi connectivity index (χ3v) is 3.86. The van der Waals surface area contributed by atoms with Crippen LogP contribution in [0.1, 0.15) is 20.8 Å². The SMILES string of the molecule is CC(=O)Oc1ccc2cc(-c3ccc(OC(C)=O)c(OC(C)=O)c3)ccc2c1. The number of carbonyl (C=O) groups is 3. The first-order valence-corrected chi connectivity index (χ1v) is 8.55. The molecule has 0 radical (unpaired) electrons. The lowest BCUT2D eigenvalue weighted by Gasteiger charge is -2.11. The van der Waals surface area contributed by atoms with E-state index in [1.807, 2.05) is 24.3 Å². The summed E-state index contributed by atoms with van der Waals surface area (Å²) in [6.45, 7) is 3.91. The second-order valence-corrected chi connectivity index (χ2v) is 6.17.